The summed E-state index contributed by atoms with van der Waals surface area (Å²) in [4.78, 5) is 19.2. The highest BCUT2D eigenvalue weighted by Crippen LogP contribution is 2.19. The van der Waals surface area contributed by atoms with Crippen LogP contribution in [0, 0.1) is 5.92 Å². The second-order valence-electron chi connectivity index (χ2n) is 5.12. The predicted octanol–water partition coefficient (Wildman–Crippen LogP) is 1.99. The minimum Gasteiger partial charge on any atom is -0.355 e. The summed E-state index contributed by atoms with van der Waals surface area (Å²) < 4.78 is 0. The minimum absolute atomic E-state index is 0.201. The number of piperidine rings is 1. The van der Waals surface area contributed by atoms with Crippen LogP contribution in [0.5, 0.6) is 0 Å². The number of nitrogens with zero attached hydrogens (tertiary/aromatic N) is 1. The van der Waals surface area contributed by atoms with Gasteiger partial charge in [-0.25, -0.2) is 4.98 Å². The number of aromatic nitrogens is 2. The van der Waals surface area contributed by atoms with Crippen LogP contribution in [0.3, 0.4) is 0 Å². The van der Waals surface area contributed by atoms with Crippen molar-refractivity contribution in [3.05, 3.63) is 33.6 Å². The van der Waals surface area contributed by atoms with Gasteiger partial charge in [-0.2, -0.15) is 0 Å². The summed E-state index contributed by atoms with van der Waals surface area (Å²) in [6.07, 6.45) is 2.30. The first-order valence-corrected chi connectivity index (χ1v) is 7.25. The molecule has 1 saturated heterocycles. The molecule has 20 heavy (non-hydrogen) atoms. The molecule has 1 aromatic heterocycles. The molecule has 5 nitrogen and oxygen atoms in total. The number of nitrogens with one attached hydrogen (secondary N) is 3. The van der Waals surface area contributed by atoms with Crippen molar-refractivity contribution < 1.29 is 0 Å². The van der Waals surface area contributed by atoms with Crippen molar-refractivity contribution >= 4 is 28.5 Å². The molecule has 1 aliphatic heterocycles. The van der Waals surface area contributed by atoms with Gasteiger partial charge < -0.3 is 10.6 Å². The van der Waals surface area contributed by atoms with E-state index in [1.54, 1.807) is 18.2 Å². The third-order valence-electron chi connectivity index (χ3n) is 3.70. The summed E-state index contributed by atoms with van der Waals surface area (Å²) in [5.41, 5.74) is 0.419. The van der Waals surface area contributed by atoms with Gasteiger partial charge >= 0.3 is 0 Å². The number of H-pyrrole nitrogens is 1. The highest BCUT2D eigenvalue weighted by molar-refractivity contribution is 6.35. The van der Waals surface area contributed by atoms with E-state index in [0.717, 1.165) is 32.5 Å². The lowest BCUT2D eigenvalue weighted by Gasteiger charge is -2.22. The molecule has 1 aromatic carbocycles. The molecule has 0 bridgehead atoms. The maximum Gasteiger partial charge on any atom is 0.261 e. The third-order valence-corrected chi connectivity index (χ3v) is 4.01. The minimum atomic E-state index is -0.201. The lowest BCUT2D eigenvalue weighted by Crippen LogP contribution is -2.31. The van der Waals surface area contributed by atoms with Crippen LogP contribution in [0.1, 0.15) is 12.8 Å². The second-order valence-corrected chi connectivity index (χ2v) is 5.53. The zero-order chi connectivity index (χ0) is 13.9. The van der Waals surface area contributed by atoms with Crippen molar-refractivity contribution in [1.29, 1.82) is 0 Å². The molecule has 0 spiro atoms. The van der Waals surface area contributed by atoms with Crippen LogP contribution >= 0.6 is 11.6 Å². The van der Waals surface area contributed by atoms with Gasteiger partial charge in [0.05, 0.1) is 15.9 Å². The highest BCUT2D eigenvalue weighted by Gasteiger charge is 2.13. The van der Waals surface area contributed by atoms with Gasteiger partial charge in [0.1, 0.15) is 0 Å². The maximum atomic E-state index is 12.0. The van der Waals surface area contributed by atoms with Crippen molar-refractivity contribution in [2.75, 3.05) is 25.0 Å². The summed E-state index contributed by atoms with van der Waals surface area (Å²) >= 11 is 6.03. The van der Waals surface area contributed by atoms with Crippen molar-refractivity contribution in [3.8, 4) is 0 Å². The molecule has 1 aliphatic rings. The number of hydrogen-bond acceptors (Lipinski definition) is 4. The fourth-order valence-corrected chi connectivity index (χ4v) is 2.82. The zero-order valence-corrected chi connectivity index (χ0v) is 11.8. The van der Waals surface area contributed by atoms with E-state index in [2.05, 4.69) is 20.6 Å². The molecule has 0 amide bonds. The summed E-state index contributed by atoms with van der Waals surface area (Å²) in [7, 11) is 0. The summed E-state index contributed by atoms with van der Waals surface area (Å²) in [6.45, 7) is 2.95. The molecule has 0 unspecified atom stereocenters. The van der Waals surface area contributed by atoms with Crippen molar-refractivity contribution in [2.24, 2.45) is 5.92 Å². The molecule has 2 aromatic rings. The van der Waals surface area contributed by atoms with E-state index in [-0.39, 0.29) is 5.56 Å². The van der Waals surface area contributed by atoms with Crippen molar-refractivity contribution in [3.63, 3.8) is 0 Å². The number of hydrogen-bond donors (Lipinski definition) is 3. The lowest BCUT2D eigenvalue weighted by molar-refractivity contribution is 0.389. The Morgan fingerprint density at radius 2 is 2.15 bits per heavy atom. The van der Waals surface area contributed by atoms with Crippen LogP contribution in [-0.2, 0) is 0 Å². The van der Waals surface area contributed by atoms with E-state index >= 15 is 0 Å². The average molecular weight is 293 g/mol. The predicted molar refractivity (Wildman–Crippen MR) is 81.5 cm³/mol. The Kier molecular flexibility index (Phi) is 3.89. The maximum absolute atomic E-state index is 12.0. The van der Waals surface area contributed by atoms with Gasteiger partial charge in [-0.1, -0.05) is 17.7 Å². The second kappa shape index (κ2) is 5.81. The Balaban J connectivity index is 1.80. The molecule has 3 N–H and O–H groups in total. The average Bonchev–Trinajstić information content (AvgIpc) is 2.46. The number of benzene rings is 1. The van der Waals surface area contributed by atoms with E-state index < -0.39 is 0 Å². The molecule has 3 rings (SSSR count). The lowest BCUT2D eigenvalue weighted by atomic mass is 9.98. The van der Waals surface area contributed by atoms with E-state index in [1.807, 2.05) is 0 Å². The van der Waals surface area contributed by atoms with Gasteiger partial charge in [-0.05, 0) is 44.0 Å². The van der Waals surface area contributed by atoms with Gasteiger partial charge in [0.2, 0.25) is 5.95 Å². The number of halogens is 1. The smallest absolute Gasteiger partial charge is 0.261 e. The van der Waals surface area contributed by atoms with E-state index in [1.165, 1.54) is 0 Å². The van der Waals surface area contributed by atoms with E-state index in [9.17, 15) is 4.79 Å². The van der Waals surface area contributed by atoms with Gasteiger partial charge in [-0.15, -0.1) is 0 Å². The van der Waals surface area contributed by atoms with Crippen LogP contribution in [0.15, 0.2) is 23.0 Å². The van der Waals surface area contributed by atoms with Gasteiger partial charge in [0.25, 0.3) is 5.56 Å². The van der Waals surface area contributed by atoms with Gasteiger partial charge in [-0.3, -0.25) is 9.78 Å². The Bertz CT molecular complexity index is 664. The van der Waals surface area contributed by atoms with E-state index in [4.69, 9.17) is 11.6 Å². The standard InChI is InChI=1S/C14H17ClN4O/c15-10-2-1-3-11-12(10)13(20)19-14(18-11)17-8-9-4-6-16-7-5-9/h1-3,9,16H,4-8H2,(H2,17,18,19,20). The number of fused-ring (bicyclic) bond motifs is 1. The Labute approximate surface area is 121 Å². The first-order valence-electron chi connectivity index (χ1n) is 6.87. The Morgan fingerprint density at radius 1 is 1.35 bits per heavy atom. The van der Waals surface area contributed by atoms with Crippen molar-refractivity contribution in [2.45, 2.75) is 12.8 Å². The molecule has 0 aliphatic carbocycles. The zero-order valence-electron chi connectivity index (χ0n) is 11.1. The third kappa shape index (κ3) is 2.78. The summed E-state index contributed by atoms with van der Waals surface area (Å²) in [6, 6.07) is 5.29. The summed E-state index contributed by atoms with van der Waals surface area (Å²) in [5, 5.41) is 7.44. The molecular formula is C14H17ClN4O. The molecule has 1 fully saturated rings. The topological polar surface area (TPSA) is 69.8 Å². The van der Waals surface area contributed by atoms with Crippen molar-refractivity contribution in [1.82, 2.24) is 15.3 Å². The largest absolute Gasteiger partial charge is 0.355 e. The Morgan fingerprint density at radius 3 is 2.95 bits per heavy atom. The fourth-order valence-electron chi connectivity index (χ4n) is 2.56. The molecule has 0 atom stereocenters. The van der Waals surface area contributed by atoms with Gasteiger partial charge in [0.15, 0.2) is 0 Å². The monoisotopic (exact) mass is 292 g/mol. The Hall–Kier alpha value is -1.59. The molecule has 106 valence electrons. The first kappa shape index (κ1) is 13.4. The van der Waals surface area contributed by atoms with Crippen LogP contribution in [0.25, 0.3) is 10.9 Å². The number of rotatable bonds is 3. The SMILES string of the molecule is O=c1[nH]c(NCC2CCNCC2)nc2cccc(Cl)c12. The van der Waals surface area contributed by atoms with Crippen LogP contribution in [0.4, 0.5) is 5.95 Å². The van der Waals surface area contributed by atoms with Gasteiger partial charge in [0, 0.05) is 6.54 Å². The normalized spacial score (nSPS) is 16.4. The quantitative estimate of drug-likeness (QED) is 0.809. The summed E-state index contributed by atoms with van der Waals surface area (Å²) in [5.74, 6) is 1.14. The molecule has 0 saturated carbocycles. The molecular weight excluding hydrogens is 276 g/mol. The number of aromatic amines is 1. The molecule has 2 heterocycles. The molecule has 6 heteroatoms. The molecule has 0 radical (unpaired) electrons. The fraction of sp³-hybridized carbons (Fsp3) is 0.429. The van der Waals surface area contributed by atoms with Crippen LogP contribution in [0.2, 0.25) is 5.02 Å². The highest BCUT2D eigenvalue weighted by atomic mass is 35.5. The number of anilines is 1. The van der Waals surface area contributed by atoms with E-state index in [0.29, 0.717) is 27.8 Å². The van der Waals surface area contributed by atoms with Crippen LogP contribution < -0.4 is 16.2 Å². The van der Waals surface area contributed by atoms with Crippen LogP contribution in [-0.4, -0.2) is 29.6 Å². The first-order chi connectivity index (χ1) is 9.74.